The average Bonchev–Trinajstić information content (AvgIpc) is 3.32. The second-order valence-electron chi connectivity index (χ2n) is 5.69. The molecule has 0 spiro atoms. The molecular weight excluding hydrogens is 418 g/mol. The number of aromatic nitrogens is 3. The Morgan fingerprint density at radius 1 is 1.14 bits per heavy atom. The average molecular weight is 436 g/mol. The van der Waals surface area contributed by atoms with Crippen LogP contribution in [0.25, 0.3) is 0 Å². The highest BCUT2D eigenvalue weighted by atomic mass is 32.2. The molecule has 0 aliphatic heterocycles. The zero-order chi connectivity index (χ0) is 19.9. The summed E-state index contributed by atoms with van der Waals surface area (Å²) in [6.45, 7) is 3.88. The van der Waals surface area contributed by atoms with Gasteiger partial charge in [-0.25, -0.2) is 4.98 Å². The topological polar surface area (TPSA) is 106 Å². The van der Waals surface area contributed by atoms with Gasteiger partial charge in [0, 0.05) is 17.1 Å². The van der Waals surface area contributed by atoms with E-state index < -0.39 is 0 Å². The molecule has 146 valence electrons. The van der Waals surface area contributed by atoms with Crippen LogP contribution in [0.4, 0.5) is 10.3 Å². The number of carbonyl (C=O) groups excluding carboxylic acids is 2. The lowest BCUT2D eigenvalue weighted by atomic mass is 10.2. The monoisotopic (exact) mass is 435 g/mol. The van der Waals surface area contributed by atoms with Crippen LogP contribution in [0.5, 0.6) is 5.75 Å². The fourth-order valence-electron chi connectivity index (χ4n) is 2.01. The first-order valence-corrected chi connectivity index (χ1v) is 10.9. The minimum Gasteiger partial charge on any atom is -0.491 e. The van der Waals surface area contributed by atoms with E-state index >= 15 is 0 Å². The third kappa shape index (κ3) is 6.01. The molecule has 2 amide bonds. The summed E-state index contributed by atoms with van der Waals surface area (Å²) in [4.78, 5) is 28.2. The Labute approximate surface area is 173 Å². The zero-order valence-electron chi connectivity index (χ0n) is 15.0. The van der Waals surface area contributed by atoms with Gasteiger partial charge in [0.1, 0.15) is 5.75 Å². The van der Waals surface area contributed by atoms with Crippen molar-refractivity contribution < 1.29 is 14.3 Å². The van der Waals surface area contributed by atoms with E-state index in [4.69, 9.17) is 4.74 Å². The summed E-state index contributed by atoms with van der Waals surface area (Å²) in [7, 11) is 0. The molecule has 11 heteroatoms. The highest BCUT2D eigenvalue weighted by Crippen LogP contribution is 2.26. The lowest BCUT2D eigenvalue weighted by Gasteiger charge is -2.09. The Kier molecular flexibility index (Phi) is 6.95. The zero-order valence-corrected chi connectivity index (χ0v) is 17.5. The third-order valence-electron chi connectivity index (χ3n) is 3.12. The first-order chi connectivity index (χ1) is 13.5. The van der Waals surface area contributed by atoms with Crippen LogP contribution in [0.2, 0.25) is 0 Å². The summed E-state index contributed by atoms with van der Waals surface area (Å²) in [5.41, 5.74) is 0.489. The molecule has 28 heavy (non-hydrogen) atoms. The molecule has 0 radical (unpaired) electrons. The lowest BCUT2D eigenvalue weighted by molar-refractivity contribution is -0.113. The van der Waals surface area contributed by atoms with Crippen molar-refractivity contribution in [3.05, 3.63) is 41.4 Å². The van der Waals surface area contributed by atoms with Crippen molar-refractivity contribution in [1.82, 2.24) is 15.2 Å². The predicted molar refractivity (Wildman–Crippen MR) is 112 cm³/mol. The van der Waals surface area contributed by atoms with Crippen LogP contribution in [0.3, 0.4) is 0 Å². The molecule has 3 aromatic rings. The Hall–Kier alpha value is -2.50. The van der Waals surface area contributed by atoms with Crippen molar-refractivity contribution in [2.45, 2.75) is 24.3 Å². The van der Waals surface area contributed by atoms with Crippen molar-refractivity contribution in [2.75, 3.05) is 16.4 Å². The van der Waals surface area contributed by atoms with E-state index in [1.165, 1.54) is 34.4 Å². The maximum absolute atomic E-state index is 12.3. The Morgan fingerprint density at radius 3 is 2.61 bits per heavy atom. The molecule has 3 rings (SSSR count). The van der Waals surface area contributed by atoms with Gasteiger partial charge in [0.15, 0.2) is 9.47 Å². The van der Waals surface area contributed by atoms with Crippen LogP contribution in [-0.4, -0.2) is 38.9 Å². The highest BCUT2D eigenvalue weighted by Gasteiger charge is 2.12. The molecule has 2 aromatic heterocycles. The summed E-state index contributed by atoms with van der Waals surface area (Å²) < 4.78 is 6.15. The summed E-state index contributed by atoms with van der Waals surface area (Å²) >= 11 is 3.80. The second kappa shape index (κ2) is 9.62. The molecule has 0 atom stereocenters. The maximum Gasteiger partial charge on any atom is 0.257 e. The number of hydrogen-bond acceptors (Lipinski definition) is 9. The number of nitrogens with zero attached hydrogens (tertiary/aromatic N) is 3. The number of amides is 2. The molecule has 2 heterocycles. The van der Waals surface area contributed by atoms with E-state index in [1.54, 1.807) is 35.8 Å². The van der Waals surface area contributed by atoms with Gasteiger partial charge >= 0.3 is 0 Å². The van der Waals surface area contributed by atoms with E-state index in [0.29, 0.717) is 25.9 Å². The smallest absolute Gasteiger partial charge is 0.257 e. The van der Waals surface area contributed by atoms with Crippen LogP contribution in [0.15, 0.2) is 40.2 Å². The number of thioether (sulfide) groups is 1. The molecule has 0 fully saturated rings. The number of hydrogen-bond donors (Lipinski definition) is 2. The molecule has 0 bridgehead atoms. The standard InChI is InChI=1S/C17H17N5O3S3/c1-10(2)25-12-5-3-11(4-6-12)14(24)20-16-21-22-17(28-16)27-9-13(23)19-15-18-7-8-26-15/h3-8,10H,9H2,1-2H3,(H,18,19,23)(H,20,21,24). The van der Waals surface area contributed by atoms with Gasteiger partial charge in [0.05, 0.1) is 11.9 Å². The normalized spacial score (nSPS) is 10.7. The van der Waals surface area contributed by atoms with Crippen molar-refractivity contribution in [2.24, 2.45) is 0 Å². The van der Waals surface area contributed by atoms with E-state index in [0.717, 1.165) is 0 Å². The van der Waals surface area contributed by atoms with E-state index in [1.807, 2.05) is 13.8 Å². The SMILES string of the molecule is CC(C)Oc1ccc(C(=O)Nc2nnc(SCC(=O)Nc3nccs3)s2)cc1. The molecule has 0 aliphatic carbocycles. The first kappa shape index (κ1) is 20.2. The number of nitrogens with one attached hydrogen (secondary N) is 2. The van der Waals surface area contributed by atoms with Crippen LogP contribution in [0.1, 0.15) is 24.2 Å². The number of anilines is 2. The maximum atomic E-state index is 12.3. The van der Waals surface area contributed by atoms with Gasteiger partial charge < -0.3 is 10.1 Å². The van der Waals surface area contributed by atoms with Gasteiger partial charge in [0.25, 0.3) is 5.91 Å². The van der Waals surface area contributed by atoms with Gasteiger partial charge in [-0.2, -0.15) is 0 Å². The summed E-state index contributed by atoms with van der Waals surface area (Å²) in [5.74, 6) is 0.423. The van der Waals surface area contributed by atoms with Crippen molar-refractivity contribution >= 4 is 56.5 Å². The number of benzene rings is 1. The van der Waals surface area contributed by atoms with Crippen molar-refractivity contribution in [3.8, 4) is 5.75 Å². The molecule has 1 aromatic carbocycles. The third-order valence-corrected chi connectivity index (χ3v) is 5.78. The van der Waals surface area contributed by atoms with Crippen molar-refractivity contribution in [3.63, 3.8) is 0 Å². The van der Waals surface area contributed by atoms with E-state index in [-0.39, 0.29) is 23.7 Å². The summed E-state index contributed by atoms with van der Waals surface area (Å²) in [6.07, 6.45) is 1.69. The molecule has 0 saturated carbocycles. The number of ether oxygens (including phenoxy) is 1. The summed E-state index contributed by atoms with van der Waals surface area (Å²) in [5, 5.41) is 16.0. The highest BCUT2D eigenvalue weighted by molar-refractivity contribution is 8.01. The fraction of sp³-hybridized carbons (Fsp3) is 0.235. The van der Waals surface area contributed by atoms with E-state index in [9.17, 15) is 9.59 Å². The van der Waals surface area contributed by atoms with Gasteiger partial charge in [-0.3, -0.25) is 14.9 Å². The minimum absolute atomic E-state index is 0.0700. The first-order valence-electron chi connectivity index (χ1n) is 8.23. The minimum atomic E-state index is -0.287. The number of carbonyl (C=O) groups is 2. The largest absolute Gasteiger partial charge is 0.491 e. The van der Waals surface area contributed by atoms with Gasteiger partial charge in [-0.15, -0.1) is 21.5 Å². The van der Waals surface area contributed by atoms with Crippen molar-refractivity contribution in [1.29, 1.82) is 0 Å². The van der Waals surface area contributed by atoms with E-state index in [2.05, 4.69) is 25.8 Å². The van der Waals surface area contributed by atoms with Gasteiger partial charge in [-0.1, -0.05) is 23.1 Å². The number of thiazole rings is 1. The Balaban J connectivity index is 1.49. The van der Waals surface area contributed by atoms with Gasteiger partial charge in [0.2, 0.25) is 11.0 Å². The molecule has 8 nitrogen and oxygen atoms in total. The molecule has 2 N–H and O–H groups in total. The van der Waals surface area contributed by atoms with Crippen LogP contribution in [-0.2, 0) is 4.79 Å². The quantitative estimate of drug-likeness (QED) is 0.410. The Morgan fingerprint density at radius 2 is 1.93 bits per heavy atom. The predicted octanol–water partition coefficient (Wildman–Crippen LogP) is 3.76. The second-order valence-corrected chi connectivity index (χ2v) is 8.79. The van der Waals surface area contributed by atoms with Crippen LogP contribution >= 0.6 is 34.4 Å². The lowest BCUT2D eigenvalue weighted by Crippen LogP contribution is -2.13. The van der Waals surface area contributed by atoms with Crippen LogP contribution < -0.4 is 15.4 Å². The fourth-order valence-corrected chi connectivity index (χ4v) is 4.10. The number of rotatable bonds is 8. The van der Waals surface area contributed by atoms with Crippen LogP contribution in [0, 0.1) is 0 Å². The molecule has 0 unspecified atom stereocenters. The Bertz CT molecular complexity index is 926. The molecule has 0 saturated heterocycles. The molecule has 0 aliphatic rings. The summed E-state index contributed by atoms with van der Waals surface area (Å²) in [6, 6.07) is 6.87. The van der Waals surface area contributed by atoms with Gasteiger partial charge in [-0.05, 0) is 38.1 Å². The molecular formula is C17H17N5O3S3.